The fourth-order valence-electron chi connectivity index (χ4n) is 2.25. The van der Waals surface area contributed by atoms with Gasteiger partial charge < -0.3 is 25.0 Å². The molecule has 0 aromatic heterocycles. The normalized spacial score (nSPS) is 17.4. The monoisotopic (exact) mass is 267 g/mol. The van der Waals surface area contributed by atoms with Crippen molar-refractivity contribution >= 4 is 0 Å². The number of ether oxygens (including phenoxy) is 2. The Morgan fingerprint density at radius 1 is 1.42 bits per heavy atom. The first-order valence-electron chi connectivity index (χ1n) is 6.49. The zero-order valence-electron chi connectivity index (χ0n) is 11.3. The fraction of sp³-hybridized carbons (Fsp3) is 0.571. The second kappa shape index (κ2) is 6.23. The summed E-state index contributed by atoms with van der Waals surface area (Å²) in [6.45, 7) is 2.35. The van der Waals surface area contributed by atoms with E-state index in [-0.39, 0.29) is 25.4 Å². The molecular weight excluding hydrogens is 246 g/mol. The Morgan fingerprint density at radius 2 is 2.16 bits per heavy atom. The van der Waals surface area contributed by atoms with Crippen LogP contribution >= 0.6 is 0 Å². The molecule has 106 valence electrons. The number of hydrogen-bond donors (Lipinski definition) is 3. The van der Waals surface area contributed by atoms with Crippen LogP contribution in [-0.4, -0.2) is 42.7 Å². The Kier molecular flexibility index (Phi) is 4.63. The van der Waals surface area contributed by atoms with Crippen molar-refractivity contribution in [1.29, 1.82) is 0 Å². The minimum Gasteiger partial charge on any atom is -0.496 e. The third-order valence-corrected chi connectivity index (χ3v) is 3.32. The Labute approximate surface area is 113 Å². The van der Waals surface area contributed by atoms with Crippen molar-refractivity contribution in [3.63, 3.8) is 0 Å². The smallest absolute Gasteiger partial charge is 0.123 e. The highest BCUT2D eigenvalue weighted by atomic mass is 16.5. The largest absolute Gasteiger partial charge is 0.496 e. The summed E-state index contributed by atoms with van der Waals surface area (Å²) in [5.41, 5.74) is 2.12. The molecule has 0 saturated carbocycles. The molecule has 1 aliphatic heterocycles. The molecule has 0 radical (unpaired) electrons. The predicted octanol–water partition coefficient (Wildman–Crippen LogP) is 0.461. The number of aliphatic hydroxyl groups is 2. The first kappa shape index (κ1) is 14.1. The van der Waals surface area contributed by atoms with Gasteiger partial charge in [-0.25, -0.2) is 0 Å². The molecule has 0 spiro atoms. The number of benzene rings is 1. The lowest BCUT2D eigenvalue weighted by atomic mass is 10.1. The molecule has 1 heterocycles. The zero-order valence-corrected chi connectivity index (χ0v) is 11.3. The molecule has 5 heteroatoms. The summed E-state index contributed by atoms with van der Waals surface area (Å²) in [5.74, 6) is 1.70. The van der Waals surface area contributed by atoms with Gasteiger partial charge in [0, 0.05) is 24.1 Å². The highest BCUT2D eigenvalue weighted by molar-refractivity contribution is 5.48. The van der Waals surface area contributed by atoms with Crippen LogP contribution < -0.4 is 14.8 Å². The average Bonchev–Trinajstić information content (AvgIpc) is 2.77. The van der Waals surface area contributed by atoms with Gasteiger partial charge in [0.25, 0.3) is 0 Å². The van der Waals surface area contributed by atoms with Crippen molar-refractivity contribution in [3.8, 4) is 11.5 Å². The van der Waals surface area contributed by atoms with Gasteiger partial charge in [-0.2, -0.15) is 0 Å². The van der Waals surface area contributed by atoms with Gasteiger partial charge in [0.2, 0.25) is 0 Å². The van der Waals surface area contributed by atoms with E-state index < -0.39 is 0 Å². The van der Waals surface area contributed by atoms with E-state index in [9.17, 15) is 0 Å². The Bertz CT molecular complexity index is 432. The Hall–Kier alpha value is -1.30. The summed E-state index contributed by atoms with van der Waals surface area (Å²) >= 11 is 0. The van der Waals surface area contributed by atoms with E-state index in [1.54, 1.807) is 7.11 Å². The SMILES string of the molecule is COc1cc2c(cc1CNC(CO)CO)OC(C)C2. The van der Waals surface area contributed by atoms with Gasteiger partial charge in [-0.05, 0) is 19.1 Å². The minimum atomic E-state index is -0.321. The van der Waals surface area contributed by atoms with Crippen molar-refractivity contribution in [2.45, 2.75) is 32.0 Å². The van der Waals surface area contributed by atoms with Crippen LogP contribution in [0.15, 0.2) is 12.1 Å². The van der Waals surface area contributed by atoms with E-state index in [0.29, 0.717) is 6.54 Å². The number of hydrogen-bond acceptors (Lipinski definition) is 5. The molecule has 1 atom stereocenters. The molecule has 0 amide bonds. The first-order chi connectivity index (χ1) is 9.17. The van der Waals surface area contributed by atoms with Crippen molar-refractivity contribution in [3.05, 3.63) is 23.3 Å². The quantitative estimate of drug-likeness (QED) is 0.698. The van der Waals surface area contributed by atoms with E-state index in [2.05, 4.69) is 5.32 Å². The molecule has 2 rings (SSSR count). The third kappa shape index (κ3) is 3.18. The van der Waals surface area contributed by atoms with Gasteiger partial charge in [0.15, 0.2) is 0 Å². The number of methoxy groups -OCH3 is 1. The molecule has 0 bridgehead atoms. The number of fused-ring (bicyclic) bond motifs is 1. The van der Waals surface area contributed by atoms with Gasteiger partial charge in [-0.3, -0.25) is 0 Å². The lowest BCUT2D eigenvalue weighted by molar-refractivity contribution is 0.170. The summed E-state index contributed by atoms with van der Waals surface area (Å²) < 4.78 is 11.1. The van der Waals surface area contributed by atoms with Gasteiger partial charge >= 0.3 is 0 Å². The van der Waals surface area contributed by atoms with Crippen LogP contribution in [0.25, 0.3) is 0 Å². The minimum absolute atomic E-state index is 0.0999. The second-order valence-corrected chi connectivity index (χ2v) is 4.85. The molecular formula is C14H21NO4. The van der Waals surface area contributed by atoms with Gasteiger partial charge in [-0.15, -0.1) is 0 Å². The summed E-state index contributed by atoms with van der Waals surface area (Å²) in [5, 5.41) is 21.2. The summed E-state index contributed by atoms with van der Waals surface area (Å²) in [4.78, 5) is 0. The first-order valence-corrected chi connectivity index (χ1v) is 6.49. The summed E-state index contributed by atoms with van der Waals surface area (Å²) in [6.07, 6.45) is 1.10. The van der Waals surface area contributed by atoms with Crippen molar-refractivity contribution in [2.75, 3.05) is 20.3 Å². The molecule has 19 heavy (non-hydrogen) atoms. The molecule has 0 saturated heterocycles. The summed E-state index contributed by atoms with van der Waals surface area (Å²) in [7, 11) is 1.64. The van der Waals surface area contributed by atoms with E-state index in [0.717, 1.165) is 29.0 Å². The highest BCUT2D eigenvalue weighted by Crippen LogP contribution is 2.34. The molecule has 1 aromatic carbocycles. The maximum atomic E-state index is 9.04. The third-order valence-electron chi connectivity index (χ3n) is 3.32. The van der Waals surface area contributed by atoms with Crippen LogP contribution in [0.1, 0.15) is 18.1 Å². The van der Waals surface area contributed by atoms with Crippen molar-refractivity contribution in [1.82, 2.24) is 5.32 Å². The molecule has 1 aliphatic rings. The van der Waals surface area contributed by atoms with E-state index in [4.69, 9.17) is 19.7 Å². The lowest BCUT2D eigenvalue weighted by Gasteiger charge is -2.16. The van der Waals surface area contributed by atoms with Crippen LogP contribution in [0.2, 0.25) is 0 Å². The molecule has 1 aromatic rings. The lowest BCUT2D eigenvalue weighted by Crippen LogP contribution is -2.35. The van der Waals surface area contributed by atoms with Crippen molar-refractivity contribution < 1.29 is 19.7 Å². The molecule has 3 N–H and O–H groups in total. The maximum absolute atomic E-state index is 9.04. The highest BCUT2D eigenvalue weighted by Gasteiger charge is 2.21. The zero-order chi connectivity index (χ0) is 13.8. The van der Waals surface area contributed by atoms with Crippen molar-refractivity contribution in [2.24, 2.45) is 0 Å². The van der Waals surface area contributed by atoms with Gasteiger partial charge in [-0.1, -0.05) is 0 Å². The molecule has 0 aliphatic carbocycles. The number of rotatable bonds is 6. The van der Waals surface area contributed by atoms with E-state index in [1.807, 2.05) is 19.1 Å². The van der Waals surface area contributed by atoms with Gasteiger partial charge in [0.1, 0.15) is 17.6 Å². The predicted molar refractivity (Wildman–Crippen MR) is 71.6 cm³/mol. The molecule has 5 nitrogen and oxygen atoms in total. The molecule has 1 unspecified atom stereocenters. The standard InChI is InChI=1S/C14H21NO4/c1-9-3-10-4-13(18-2)11(5-14(10)19-9)6-15-12(7-16)8-17/h4-5,9,12,15-17H,3,6-8H2,1-2H3. The molecule has 0 fully saturated rings. The van der Waals surface area contributed by atoms with E-state index >= 15 is 0 Å². The van der Waals surface area contributed by atoms with Crippen LogP contribution in [0.4, 0.5) is 0 Å². The van der Waals surface area contributed by atoms with E-state index in [1.165, 1.54) is 0 Å². The summed E-state index contributed by atoms with van der Waals surface area (Å²) in [6, 6.07) is 3.65. The average molecular weight is 267 g/mol. The Balaban J connectivity index is 2.14. The topological polar surface area (TPSA) is 71.0 Å². The number of nitrogens with one attached hydrogen (secondary N) is 1. The number of aliphatic hydroxyl groups excluding tert-OH is 2. The van der Waals surface area contributed by atoms with Crippen LogP contribution in [0.3, 0.4) is 0 Å². The van der Waals surface area contributed by atoms with Crippen LogP contribution in [0.5, 0.6) is 11.5 Å². The van der Waals surface area contributed by atoms with Crippen LogP contribution in [-0.2, 0) is 13.0 Å². The Morgan fingerprint density at radius 3 is 2.79 bits per heavy atom. The second-order valence-electron chi connectivity index (χ2n) is 4.85. The van der Waals surface area contributed by atoms with Crippen LogP contribution in [0, 0.1) is 0 Å². The maximum Gasteiger partial charge on any atom is 0.123 e. The van der Waals surface area contributed by atoms with Gasteiger partial charge in [0.05, 0.1) is 26.4 Å². The fourth-order valence-corrected chi connectivity index (χ4v) is 2.25.